The molecule has 0 aliphatic heterocycles. The Labute approximate surface area is 171 Å². The van der Waals surface area contributed by atoms with Gasteiger partial charge in [-0.25, -0.2) is 35.1 Å². The highest BCUT2D eigenvalue weighted by atomic mass is 32.2. The normalized spacial score (nSPS) is 21.2. The maximum atomic E-state index is 14.9. The van der Waals surface area contributed by atoms with Gasteiger partial charge in [-0.2, -0.15) is 0 Å². The summed E-state index contributed by atoms with van der Waals surface area (Å²) < 4.78 is 112. The largest absolute Gasteiger partial charge is 0.210 e. The maximum Gasteiger partial charge on any atom is 0.200 e. The zero-order valence-corrected chi connectivity index (χ0v) is 17.3. The molecule has 0 bridgehead atoms. The Morgan fingerprint density at radius 1 is 0.793 bits per heavy atom. The molecule has 0 amide bonds. The van der Waals surface area contributed by atoms with Crippen LogP contribution in [0, 0.1) is 40.9 Å². The summed E-state index contributed by atoms with van der Waals surface area (Å²) in [6.45, 7) is 5.18. The number of rotatable bonds is 7. The molecule has 1 aliphatic carbocycles. The van der Waals surface area contributed by atoms with E-state index in [4.69, 9.17) is 0 Å². The summed E-state index contributed by atoms with van der Waals surface area (Å²) in [6, 6.07) is 0. The molecule has 29 heavy (non-hydrogen) atoms. The first kappa shape index (κ1) is 24.1. The summed E-state index contributed by atoms with van der Waals surface area (Å²) in [5.41, 5.74) is 0. The lowest BCUT2D eigenvalue weighted by Crippen LogP contribution is -2.25. The average Bonchev–Trinajstić information content (AvgIpc) is 2.71. The van der Waals surface area contributed by atoms with Gasteiger partial charge in [0.15, 0.2) is 34.9 Å². The molecule has 3 atom stereocenters. The van der Waals surface area contributed by atoms with Crippen LogP contribution in [0.3, 0.4) is 0 Å². The van der Waals surface area contributed by atoms with E-state index in [1.54, 1.807) is 0 Å². The van der Waals surface area contributed by atoms with Crippen molar-refractivity contribution in [2.45, 2.75) is 43.8 Å². The lowest BCUT2D eigenvalue weighted by Gasteiger charge is -2.29. The minimum Gasteiger partial charge on any atom is -0.210 e. The van der Waals surface area contributed by atoms with Gasteiger partial charge >= 0.3 is 0 Å². The maximum absolute atomic E-state index is 14.9. The number of hydrogen-bond donors (Lipinski definition) is 0. The smallest absolute Gasteiger partial charge is 0.200 e. The van der Waals surface area contributed by atoms with Crippen molar-refractivity contribution in [1.29, 1.82) is 0 Å². The van der Waals surface area contributed by atoms with Crippen LogP contribution < -0.4 is 0 Å². The van der Waals surface area contributed by atoms with Gasteiger partial charge in [-0.15, -0.1) is 23.5 Å². The van der Waals surface area contributed by atoms with Crippen LogP contribution in [-0.2, 0) is 0 Å². The van der Waals surface area contributed by atoms with Crippen molar-refractivity contribution in [2.24, 2.45) is 11.8 Å². The van der Waals surface area contributed by atoms with Crippen molar-refractivity contribution >= 4 is 23.5 Å². The highest BCUT2D eigenvalue weighted by Gasteiger charge is 2.41. The van der Waals surface area contributed by atoms with E-state index >= 15 is 0 Å². The molecule has 1 aromatic carbocycles. The molecule has 1 aromatic rings. The number of halogens is 8. The topological polar surface area (TPSA) is 0 Å². The molecule has 0 saturated heterocycles. The molecule has 10 heteroatoms. The molecule has 0 nitrogen and oxygen atoms in total. The quantitative estimate of drug-likeness (QED) is 0.229. The molecular weight excluding hydrogens is 444 g/mol. The molecule has 162 valence electrons. The number of allylic oxidation sites excluding steroid dienone is 2. The SMILES string of the molecule is CCC(C)CSC1=C(F)C(CC)C(Sc2c(F)c(F)c(F)c(F)c2F)C(F)=C1F. The van der Waals surface area contributed by atoms with Gasteiger partial charge in [0, 0.05) is 11.7 Å². The Morgan fingerprint density at radius 2 is 1.31 bits per heavy atom. The molecule has 0 aromatic heterocycles. The van der Waals surface area contributed by atoms with E-state index in [9.17, 15) is 35.1 Å². The lowest BCUT2D eigenvalue weighted by molar-refractivity contribution is 0.359. The fraction of sp³-hybridized carbons (Fsp3) is 0.474. The fourth-order valence-electron chi connectivity index (χ4n) is 2.63. The second-order valence-electron chi connectivity index (χ2n) is 6.62. The van der Waals surface area contributed by atoms with Crippen molar-refractivity contribution in [3.05, 3.63) is 51.5 Å². The van der Waals surface area contributed by atoms with Crippen molar-refractivity contribution < 1.29 is 35.1 Å². The minimum atomic E-state index is -2.36. The molecule has 0 spiro atoms. The van der Waals surface area contributed by atoms with E-state index in [1.807, 2.05) is 13.8 Å². The number of thioether (sulfide) groups is 2. The van der Waals surface area contributed by atoms with Gasteiger partial charge < -0.3 is 0 Å². The first-order chi connectivity index (χ1) is 13.6. The van der Waals surface area contributed by atoms with Gasteiger partial charge in [0.05, 0.1) is 15.1 Å². The van der Waals surface area contributed by atoms with Gasteiger partial charge in [-0.1, -0.05) is 27.2 Å². The molecule has 0 heterocycles. The van der Waals surface area contributed by atoms with Gasteiger partial charge in [0.2, 0.25) is 5.82 Å². The molecule has 3 unspecified atom stereocenters. The Bertz CT molecular complexity index is 820. The van der Waals surface area contributed by atoms with Crippen LogP contribution in [0.25, 0.3) is 0 Å². The number of benzene rings is 1. The molecule has 0 radical (unpaired) electrons. The summed E-state index contributed by atoms with van der Waals surface area (Å²) in [4.78, 5) is -1.90. The lowest BCUT2D eigenvalue weighted by atomic mass is 9.94. The van der Waals surface area contributed by atoms with Crippen LogP contribution in [0.1, 0.15) is 33.6 Å². The Morgan fingerprint density at radius 3 is 1.79 bits per heavy atom. The molecule has 0 saturated carbocycles. The van der Waals surface area contributed by atoms with Crippen LogP contribution in [-0.4, -0.2) is 11.0 Å². The monoisotopic (exact) mass is 462 g/mol. The Hall–Kier alpha value is -1.16. The minimum absolute atomic E-state index is 0.0764. The van der Waals surface area contributed by atoms with Crippen LogP contribution in [0.4, 0.5) is 35.1 Å². The third-order valence-corrected chi connectivity index (χ3v) is 7.41. The van der Waals surface area contributed by atoms with Crippen molar-refractivity contribution in [3.8, 4) is 0 Å². The highest BCUT2D eigenvalue weighted by molar-refractivity contribution is 8.03. The predicted molar refractivity (Wildman–Crippen MR) is 98.9 cm³/mol. The van der Waals surface area contributed by atoms with Crippen LogP contribution in [0.5, 0.6) is 0 Å². The fourth-order valence-corrected chi connectivity index (χ4v) is 5.16. The van der Waals surface area contributed by atoms with Crippen LogP contribution >= 0.6 is 23.5 Å². The van der Waals surface area contributed by atoms with Crippen molar-refractivity contribution in [2.75, 3.05) is 5.75 Å². The van der Waals surface area contributed by atoms with E-state index in [2.05, 4.69) is 0 Å². The first-order valence-electron chi connectivity index (χ1n) is 8.82. The summed E-state index contributed by atoms with van der Waals surface area (Å²) >= 11 is 0.676. The van der Waals surface area contributed by atoms with E-state index < -0.39 is 67.5 Å². The summed E-state index contributed by atoms with van der Waals surface area (Å²) in [6.07, 6.45) is 0.665. The van der Waals surface area contributed by atoms with Crippen molar-refractivity contribution in [3.63, 3.8) is 0 Å². The van der Waals surface area contributed by atoms with E-state index in [-0.39, 0.29) is 24.1 Å². The van der Waals surface area contributed by atoms with Gasteiger partial charge in [-0.3, -0.25) is 0 Å². The van der Waals surface area contributed by atoms with Gasteiger partial charge in [-0.05, 0) is 12.3 Å². The van der Waals surface area contributed by atoms with Gasteiger partial charge in [0.1, 0.15) is 5.83 Å². The predicted octanol–water partition coefficient (Wildman–Crippen LogP) is 7.99. The van der Waals surface area contributed by atoms with Crippen molar-refractivity contribution in [1.82, 2.24) is 0 Å². The average molecular weight is 462 g/mol. The number of hydrogen-bond acceptors (Lipinski definition) is 2. The van der Waals surface area contributed by atoms with Crippen LogP contribution in [0.2, 0.25) is 0 Å². The molecular formula is C19H18F8S2. The third-order valence-electron chi connectivity index (χ3n) is 4.63. The summed E-state index contributed by atoms with van der Waals surface area (Å²) in [5.74, 6) is -16.0. The molecule has 1 aliphatic rings. The second-order valence-corrected chi connectivity index (χ2v) is 8.80. The molecule has 2 rings (SSSR count). The van der Waals surface area contributed by atoms with Crippen LogP contribution in [0.15, 0.2) is 27.3 Å². The first-order valence-corrected chi connectivity index (χ1v) is 10.7. The highest BCUT2D eigenvalue weighted by Crippen LogP contribution is 2.50. The molecule has 0 N–H and O–H groups in total. The third kappa shape index (κ3) is 4.62. The standard InChI is InChI=1S/C19H18F8S2/c1-4-7(3)6-28-18-9(20)8(5-2)17(15(26)16(18)27)29-19-13(24)11(22)10(21)12(23)14(19)25/h7-8,17H,4-6H2,1-3H3. The van der Waals surface area contributed by atoms with E-state index in [0.29, 0.717) is 5.75 Å². The van der Waals surface area contributed by atoms with E-state index in [1.165, 1.54) is 6.92 Å². The zero-order chi connectivity index (χ0) is 22.0. The summed E-state index contributed by atoms with van der Waals surface area (Å²) in [5, 5.41) is -1.80. The Kier molecular flexibility index (Phi) is 8.12. The summed E-state index contributed by atoms with van der Waals surface area (Å²) in [7, 11) is 0. The van der Waals surface area contributed by atoms with E-state index in [0.717, 1.165) is 18.2 Å². The second kappa shape index (κ2) is 9.76. The Balaban J connectivity index is 2.45. The van der Waals surface area contributed by atoms with Gasteiger partial charge in [0.25, 0.3) is 0 Å². The molecule has 0 fully saturated rings. The zero-order valence-electron chi connectivity index (χ0n) is 15.7.